The SMILES string of the molecule is CCOc1ccc(S(=O)(=O)N2CCC(Oc3cc(C)nc(C)n3)CC2)cc1C. The number of rotatable bonds is 6. The van der Waals surface area contributed by atoms with Crippen molar-refractivity contribution in [3.8, 4) is 11.6 Å². The van der Waals surface area contributed by atoms with Gasteiger partial charge >= 0.3 is 0 Å². The van der Waals surface area contributed by atoms with Crippen molar-refractivity contribution in [2.45, 2.75) is 51.5 Å². The van der Waals surface area contributed by atoms with Crippen molar-refractivity contribution < 1.29 is 17.9 Å². The fraction of sp³-hybridized carbons (Fsp3) is 0.500. The average Bonchev–Trinajstić information content (AvgIpc) is 2.63. The van der Waals surface area contributed by atoms with Crippen LogP contribution in [0.5, 0.6) is 11.6 Å². The molecule has 28 heavy (non-hydrogen) atoms. The van der Waals surface area contributed by atoms with Crippen LogP contribution in [0.1, 0.15) is 36.8 Å². The van der Waals surface area contributed by atoms with Gasteiger partial charge in [-0.05, 0) is 64.3 Å². The molecule has 1 saturated heterocycles. The molecule has 0 saturated carbocycles. The van der Waals surface area contributed by atoms with Gasteiger partial charge in [-0.15, -0.1) is 0 Å². The summed E-state index contributed by atoms with van der Waals surface area (Å²) < 4.78 is 39.0. The predicted molar refractivity (Wildman–Crippen MR) is 106 cm³/mol. The molecule has 152 valence electrons. The Morgan fingerprint density at radius 3 is 2.43 bits per heavy atom. The summed E-state index contributed by atoms with van der Waals surface area (Å²) in [4.78, 5) is 8.84. The second kappa shape index (κ2) is 8.45. The maximum Gasteiger partial charge on any atom is 0.243 e. The van der Waals surface area contributed by atoms with Crippen molar-refractivity contribution in [3.05, 3.63) is 41.3 Å². The molecule has 0 atom stereocenters. The Morgan fingerprint density at radius 2 is 1.82 bits per heavy atom. The molecule has 7 nitrogen and oxygen atoms in total. The van der Waals surface area contributed by atoms with Crippen LogP contribution >= 0.6 is 0 Å². The van der Waals surface area contributed by atoms with Crippen LogP contribution < -0.4 is 9.47 Å². The Morgan fingerprint density at radius 1 is 1.11 bits per heavy atom. The lowest BCUT2D eigenvalue weighted by atomic mass is 10.1. The molecule has 0 N–H and O–H groups in total. The van der Waals surface area contributed by atoms with Crippen LogP contribution in [0, 0.1) is 20.8 Å². The standard InChI is InChI=1S/C20H27N3O4S/c1-5-26-19-7-6-18(12-14(19)2)28(24,25)23-10-8-17(9-11-23)27-20-13-15(3)21-16(4)22-20/h6-7,12-13,17H,5,8-11H2,1-4H3. The number of aromatic nitrogens is 2. The Kier molecular flexibility index (Phi) is 6.20. The molecule has 0 spiro atoms. The zero-order valence-electron chi connectivity index (χ0n) is 16.8. The molecule has 0 bridgehead atoms. The van der Waals surface area contributed by atoms with Crippen molar-refractivity contribution in [3.63, 3.8) is 0 Å². The Labute approximate surface area is 166 Å². The van der Waals surface area contributed by atoms with E-state index < -0.39 is 10.0 Å². The second-order valence-electron chi connectivity index (χ2n) is 6.98. The summed E-state index contributed by atoms with van der Waals surface area (Å²) >= 11 is 0. The maximum atomic E-state index is 13.0. The van der Waals surface area contributed by atoms with Gasteiger partial charge in [0.15, 0.2) is 0 Å². The van der Waals surface area contributed by atoms with E-state index in [9.17, 15) is 8.42 Å². The highest BCUT2D eigenvalue weighted by Gasteiger charge is 2.30. The van der Waals surface area contributed by atoms with E-state index >= 15 is 0 Å². The van der Waals surface area contributed by atoms with E-state index in [0.29, 0.717) is 54.9 Å². The molecule has 0 amide bonds. The van der Waals surface area contributed by atoms with Crippen LogP contribution in [-0.2, 0) is 10.0 Å². The van der Waals surface area contributed by atoms with Crippen molar-refractivity contribution in [1.29, 1.82) is 0 Å². The highest BCUT2D eigenvalue weighted by molar-refractivity contribution is 7.89. The third-order valence-electron chi connectivity index (χ3n) is 4.71. The lowest BCUT2D eigenvalue weighted by molar-refractivity contribution is 0.129. The monoisotopic (exact) mass is 405 g/mol. The van der Waals surface area contributed by atoms with Gasteiger partial charge in [-0.3, -0.25) is 0 Å². The molecule has 0 aliphatic carbocycles. The maximum absolute atomic E-state index is 13.0. The van der Waals surface area contributed by atoms with Gasteiger partial charge in [-0.1, -0.05) is 0 Å². The first kappa shape index (κ1) is 20.5. The Hall–Kier alpha value is -2.19. The van der Waals surface area contributed by atoms with Crippen LogP contribution in [0.4, 0.5) is 0 Å². The summed E-state index contributed by atoms with van der Waals surface area (Å²) in [5, 5.41) is 0. The first-order valence-electron chi connectivity index (χ1n) is 9.52. The summed E-state index contributed by atoms with van der Waals surface area (Å²) in [5.41, 5.74) is 1.67. The molecule has 2 aromatic rings. The molecule has 3 rings (SSSR count). The fourth-order valence-electron chi connectivity index (χ4n) is 3.35. The van der Waals surface area contributed by atoms with E-state index in [1.54, 1.807) is 24.3 Å². The number of aryl methyl sites for hydroxylation is 3. The molecule has 0 radical (unpaired) electrons. The summed E-state index contributed by atoms with van der Waals surface area (Å²) in [7, 11) is -3.53. The minimum atomic E-state index is -3.53. The van der Waals surface area contributed by atoms with E-state index in [0.717, 1.165) is 11.3 Å². The van der Waals surface area contributed by atoms with Crippen LogP contribution in [0.3, 0.4) is 0 Å². The van der Waals surface area contributed by atoms with E-state index in [1.807, 2.05) is 27.7 Å². The van der Waals surface area contributed by atoms with Crippen LogP contribution in [-0.4, -0.2) is 48.5 Å². The number of piperidine rings is 1. The molecular formula is C20H27N3O4S. The van der Waals surface area contributed by atoms with E-state index in [1.165, 1.54) is 4.31 Å². The number of sulfonamides is 1. The number of ether oxygens (including phenoxy) is 2. The first-order chi connectivity index (χ1) is 13.3. The van der Waals surface area contributed by atoms with Crippen LogP contribution in [0.15, 0.2) is 29.2 Å². The topological polar surface area (TPSA) is 81.6 Å². The van der Waals surface area contributed by atoms with Gasteiger partial charge in [-0.25, -0.2) is 13.4 Å². The first-order valence-corrected chi connectivity index (χ1v) is 11.0. The summed E-state index contributed by atoms with van der Waals surface area (Å²) in [6.45, 7) is 8.87. The number of nitrogens with zero attached hydrogens (tertiary/aromatic N) is 3. The van der Waals surface area contributed by atoms with E-state index in [2.05, 4.69) is 9.97 Å². The van der Waals surface area contributed by atoms with Crippen molar-refractivity contribution in [1.82, 2.24) is 14.3 Å². The Balaban J connectivity index is 1.65. The summed E-state index contributed by atoms with van der Waals surface area (Å²) in [5.74, 6) is 1.93. The van der Waals surface area contributed by atoms with Gasteiger partial charge in [0.25, 0.3) is 0 Å². The third-order valence-corrected chi connectivity index (χ3v) is 6.61. The minimum Gasteiger partial charge on any atom is -0.494 e. The van der Waals surface area contributed by atoms with Gasteiger partial charge < -0.3 is 9.47 Å². The second-order valence-corrected chi connectivity index (χ2v) is 8.91. The summed E-state index contributed by atoms with van der Waals surface area (Å²) in [6, 6.07) is 6.82. The largest absolute Gasteiger partial charge is 0.494 e. The molecule has 1 aromatic carbocycles. The Bertz CT molecular complexity index is 918. The molecule has 1 aliphatic rings. The number of hydrogen-bond acceptors (Lipinski definition) is 6. The predicted octanol–water partition coefficient (Wildman–Crippen LogP) is 3.03. The van der Waals surface area contributed by atoms with Gasteiger partial charge in [0.2, 0.25) is 15.9 Å². The van der Waals surface area contributed by atoms with Crippen LogP contribution in [0.25, 0.3) is 0 Å². The lowest BCUT2D eigenvalue weighted by Gasteiger charge is -2.31. The van der Waals surface area contributed by atoms with Crippen LogP contribution in [0.2, 0.25) is 0 Å². The molecule has 0 unspecified atom stereocenters. The molecule has 2 heterocycles. The molecular weight excluding hydrogens is 378 g/mol. The van der Waals surface area contributed by atoms with Gasteiger partial charge in [0.05, 0.1) is 11.5 Å². The van der Waals surface area contributed by atoms with E-state index in [4.69, 9.17) is 9.47 Å². The highest BCUT2D eigenvalue weighted by Crippen LogP contribution is 2.27. The van der Waals surface area contributed by atoms with Crippen molar-refractivity contribution >= 4 is 10.0 Å². The number of hydrogen-bond donors (Lipinski definition) is 0. The zero-order valence-corrected chi connectivity index (χ0v) is 17.6. The smallest absolute Gasteiger partial charge is 0.243 e. The minimum absolute atomic E-state index is 0.0535. The van der Waals surface area contributed by atoms with Crippen molar-refractivity contribution in [2.24, 2.45) is 0 Å². The summed E-state index contributed by atoms with van der Waals surface area (Å²) in [6.07, 6.45) is 1.19. The van der Waals surface area contributed by atoms with Gasteiger partial charge in [-0.2, -0.15) is 9.29 Å². The fourth-order valence-corrected chi connectivity index (χ4v) is 4.91. The third kappa shape index (κ3) is 4.62. The lowest BCUT2D eigenvalue weighted by Crippen LogP contribution is -2.41. The molecule has 1 aliphatic heterocycles. The zero-order chi connectivity index (χ0) is 20.3. The highest BCUT2D eigenvalue weighted by atomic mass is 32.2. The van der Waals surface area contributed by atoms with Gasteiger partial charge in [0.1, 0.15) is 17.7 Å². The molecule has 8 heteroatoms. The van der Waals surface area contributed by atoms with Gasteiger partial charge in [0, 0.05) is 24.8 Å². The quantitative estimate of drug-likeness (QED) is 0.735. The number of benzene rings is 1. The molecule has 1 fully saturated rings. The van der Waals surface area contributed by atoms with Crippen molar-refractivity contribution in [2.75, 3.05) is 19.7 Å². The molecule has 1 aromatic heterocycles. The van der Waals surface area contributed by atoms with E-state index in [-0.39, 0.29) is 6.10 Å². The average molecular weight is 406 g/mol. The normalized spacial score (nSPS) is 16.1.